The van der Waals surface area contributed by atoms with Gasteiger partial charge >= 0.3 is 10.1 Å². The van der Waals surface area contributed by atoms with Crippen LogP contribution in [0.1, 0.15) is 0 Å². The first-order valence-corrected chi connectivity index (χ1v) is 8.46. The molecule has 0 aliphatic carbocycles. The quantitative estimate of drug-likeness (QED) is 0.662. The normalized spacial score (nSPS) is 11.2. The highest BCUT2D eigenvalue weighted by molar-refractivity contribution is 7.87. The maximum atomic E-state index is 12.6. The van der Waals surface area contributed by atoms with E-state index in [9.17, 15) is 8.42 Å². The molecule has 2 aromatic carbocycles. The smallest absolute Gasteiger partial charge is 0.340 e. The van der Waals surface area contributed by atoms with Gasteiger partial charge in [0.2, 0.25) is 5.88 Å². The molecule has 0 radical (unpaired) electrons. The van der Waals surface area contributed by atoms with Gasteiger partial charge in [-0.1, -0.05) is 18.2 Å². The summed E-state index contributed by atoms with van der Waals surface area (Å²) in [5, 5.41) is 1.45. The molecule has 0 atom stereocenters. The number of pyridine rings is 1. The summed E-state index contributed by atoms with van der Waals surface area (Å²) in [6, 6.07) is 13.3. The van der Waals surface area contributed by atoms with Crippen molar-refractivity contribution in [3.8, 4) is 17.4 Å². The van der Waals surface area contributed by atoms with E-state index in [1.54, 1.807) is 18.2 Å². The van der Waals surface area contributed by atoms with Crippen LogP contribution in [-0.4, -0.2) is 27.6 Å². The van der Waals surface area contributed by atoms with Crippen LogP contribution in [0.25, 0.3) is 10.8 Å². The molecule has 6 nitrogen and oxygen atoms in total. The summed E-state index contributed by atoms with van der Waals surface area (Å²) in [7, 11) is -1.15. The van der Waals surface area contributed by atoms with E-state index in [2.05, 4.69) is 4.98 Å². The number of hydrogen-bond donors (Lipinski definition) is 0. The molecule has 0 saturated heterocycles. The first kappa shape index (κ1) is 16.1. The van der Waals surface area contributed by atoms with Crippen molar-refractivity contribution < 1.29 is 22.1 Å². The molecule has 0 spiro atoms. The molecule has 0 amide bonds. The monoisotopic (exact) mass is 345 g/mol. The molecular formula is C17H15NO5S. The maximum Gasteiger partial charge on any atom is 0.340 e. The van der Waals surface area contributed by atoms with Gasteiger partial charge in [0, 0.05) is 17.6 Å². The zero-order chi connectivity index (χ0) is 17.2. The number of hydrogen-bond acceptors (Lipinski definition) is 6. The fourth-order valence-corrected chi connectivity index (χ4v) is 3.21. The second-order valence-corrected chi connectivity index (χ2v) is 6.44. The van der Waals surface area contributed by atoms with Crippen LogP contribution in [-0.2, 0) is 10.1 Å². The molecule has 0 fully saturated rings. The lowest BCUT2D eigenvalue weighted by molar-refractivity contribution is 0.353. The summed E-state index contributed by atoms with van der Waals surface area (Å²) in [5.41, 5.74) is 0. The van der Waals surface area contributed by atoms with E-state index in [1.807, 2.05) is 12.1 Å². The lowest BCUT2D eigenvalue weighted by atomic mass is 10.2. The van der Waals surface area contributed by atoms with Crippen LogP contribution < -0.4 is 13.7 Å². The third kappa shape index (κ3) is 2.98. The second kappa shape index (κ2) is 6.37. The van der Waals surface area contributed by atoms with Crippen LogP contribution in [0.2, 0.25) is 0 Å². The van der Waals surface area contributed by atoms with Crippen molar-refractivity contribution in [1.29, 1.82) is 0 Å². The highest BCUT2D eigenvalue weighted by Gasteiger charge is 2.21. The molecule has 0 unspecified atom stereocenters. The molecule has 0 aliphatic heterocycles. The number of methoxy groups -OCH3 is 2. The average molecular weight is 345 g/mol. The van der Waals surface area contributed by atoms with Crippen LogP contribution >= 0.6 is 0 Å². The highest BCUT2D eigenvalue weighted by Crippen LogP contribution is 2.31. The summed E-state index contributed by atoms with van der Waals surface area (Å²) < 4.78 is 40.6. The van der Waals surface area contributed by atoms with Crippen molar-refractivity contribution in [2.45, 2.75) is 4.90 Å². The molecule has 24 heavy (non-hydrogen) atoms. The molecule has 3 aromatic rings. The zero-order valence-corrected chi connectivity index (χ0v) is 13.9. The zero-order valence-electron chi connectivity index (χ0n) is 13.1. The van der Waals surface area contributed by atoms with E-state index < -0.39 is 10.1 Å². The predicted molar refractivity (Wildman–Crippen MR) is 89.1 cm³/mol. The third-order valence-electron chi connectivity index (χ3n) is 3.47. The molecule has 0 bridgehead atoms. The number of aromatic nitrogens is 1. The average Bonchev–Trinajstić information content (AvgIpc) is 2.61. The SMILES string of the molecule is COc1ccc(S(=O)(=O)Oc2nccc3ccccc23)cc1OC. The van der Waals surface area contributed by atoms with Gasteiger partial charge in [0.15, 0.2) is 11.5 Å². The Kier molecular flexibility index (Phi) is 4.26. The highest BCUT2D eigenvalue weighted by atomic mass is 32.2. The van der Waals surface area contributed by atoms with E-state index in [0.29, 0.717) is 16.9 Å². The minimum atomic E-state index is -4.06. The number of ether oxygens (including phenoxy) is 2. The van der Waals surface area contributed by atoms with Gasteiger partial charge in [-0.05, 0) is 29.7 Å². The molecule has 0 N–H and O–H groups in total. The Bertz CT molecular complexity index is 980. The van der Waals surface area contributed by atoms with E-state index in [1.165, 1.54) is 38.6 Å². The molecule has 0 saturated carbocycles. The van der Waals surface area contributed by atoms with Crippen molar-refractivity contribution >= 4 is 20.9 Å². The summed E-state index contributed by atoms with van der Waals surface area (Å²) in [6.07, 6.45) is 1.50. The van der Waals surface area contributed by atoms with Gasteiger partial charge in [-0.25, -0.2) is 4.98 Å². The second-order valence-electron chi connectivity index (χ2n) is 4.89. The summed E-state index contributed by atoms with van der Waals surface area (Å²) in [4.78, 5) is 3.99. The Labute approximate surface area is 139 Å². The van der Waals surface area contributed by atoms with Gasteiger partial charge in [0.25, 0.3) is 0 Å². The summed E-state index contributed by atoms with van der Waals surface area (Å²) in [5.74, 6) is 0.760. The molecule has 1 aromatic heterocycles. The topological polar surface area (TPSA) is 74.7 Å². The van der Waals surface area contributed by atoms with Crippen molar-refractivity contribution in [2.75, 3.05) is 14.2 Å². The Morgan fingerprint density at radius 1 is 0.917 bits per heavy atom. The lowest BCUT2D eigenvalue weighted by Gasteiger charge is -2.11. The van der Waals surface area contributed by atoms with Crippen LogP contribution in [0.3, 0.4) is 0 Å². The third-order valence-corrected chi connectivity index (χ3v) is 4.68. The Morgan fingerprint density at radius 3 is 2.42 bits per heavy atom. The van der Waals surface area contributed by atoms with Gasteiger partial charge < -0.3 is 13.7 Å². The van der Waals surface area contributed by atoms with Crippen LogP contribution in [0.15, 0.2) is 59.6 Å². The number of fused-ring (bicyclic) bond motifs is 1. The molecule has 124 valence electrons. The number of nitrogens with zero attached hydrogens (tertiary/aromatic N) is 1. The molecule has 1 heterocycles. The largest absolute Gasteiger partial charge is 0.493 e. The minimum Gasteiger partial charge on any atom is -0.493 e. The van der Waals surface area contributed by atoms with Gasteiger partial charge in [-0.15, -0.1) is 0 Å². The first-order valence-electron chi connectivity index (χ1n) is 7.05. The van der Waals surface area contributed by atoms with Crippen LogP contribution in [0.4, 0.5) is 0 Å². The fourth-order valence-electron chi connectivity index (χ4n) is 2.28. The summed E-state index contributed by atoms with van der Waals surface area (Å²) in [6.45, 7) is 0. The molecule has 3 rings (SSSR count). The maximum absolute atomic E-state index is 12.6. The first-order chi connectivity index (χ1) is 11.5. The minimum absolute atomic E-state index is 0.0304. The van der Waals surface area contributed by atoms with Gasteiger partial charge in [0.05, 0.1) is 14.2 Å². The standard InChI is InChI=1S/C17H15NO5S/c1-21-15-8-7-13(11-16(15)22-2)24(19,20)23-17-14-6-4-3-5-12(14)9-10-18-17/h3-11H,1-2H3. The number of benzene rings is 2. The van der Waals surface area contributed by atoms with E-state index >= 15 is 0 Å². The van der Waals surface area contributed by atoms with Crippen molar-refractivity contribution in [1.82, 2.24) is 4.98 Å². The van der Waals surface area contributed by atoms with Crippen LogP contribution in [0, 0.1) is 0 Å². The van der Waals surface area contributed by atoms with Gasteiger partial charge in [0.1, 0.15) is 4.90 Å². The van der Waals surface area contributed by atoms with Crippen molar-refractivity contribution in [3.05, 3.63) is 54.7 Å². The van der Waals surface area contributed by atoms with E-state index in [-0.39, 0.29) is 10.8 Å². The number of rotatable bonds is 5. The summed E-state index contributed by atoms with van der Waals surface area (Å²) >= 11 is 0. The predicted octanol–water partition coefficient (Wildman–Crippen LogP) is 3.02. The lowest BCUT2D eigenvalue weighted by Crippen LogP contribution is -2.11. The van der Waals surface area contributed by atoms with Crippen LogP contribution in [0.5, 0.6) is 17.4 Å². The molecular weight excluding hydrogens is 330 g/mol. The molecule has 0 aliphatic rings. The van der Waals surface area contributed by atoms with Gasteiger partial charge in [-0.2, -0.15) is 8.42 Å². The van der Waals surface area contributed by atoms with E-state index in [4.69, 9.17) is 13.7 Å². The van der Waals surface area contributed by atoms with Crippen molar-refractivity contribution in [2.24, 2.45) is 0 Å². The Balaban J connectivity index is 2.02. The van der Waals surface area contributed by atoms with Gasteiger partial charge in [-0.3, -0.25) is 0 Å². The molecule has 7 heteroatoms. The Hall–Kier alpha value is -2.80. The van der Waals surface area contributed by atoms with E-state index in [0.717, 1.165) is 5.39 Å². The van der Waals surface area contributed by atoms with Crippen molar-refractivity contribution in [3.63, 3.8) is 0 Å². The fraction of sp³-hybridized carbons (Fsp3) is 0.118. The Morgan fingerprint density at radius 2 is 1.67 bits per heavy atom.